The molecule has 0 radical (unpaired) electrons. The molecule has 0 saturated carbocycles. The van der Waals surface area contributed by atoms with Crippen LogP contribution in [0.4, 0.5) is 0 Å². The molecule has 0 atom stereocenters. The number of hydrogen-bond acceptors (Lipinski definition) is 3. The number of nitrogens with zero attached hydrogens (tertiary/aromatic N) is 1. The second-order valence-corrected chi connectivity index (χ2v) is 4.95. The van der Waals surface area contributed by atoms with Gasteiger partial charge in [-0.2, -0.15) is 0 Å². The first-order valence-corrected chi connectivity index (χ1v) is 6.38. The van der Waals surface area contributed by atoms with Crippen molar-refractivity contribution >= 4 is 5.78 Å². The first-order chi connectivity index (χ1) is 9.41. The molecule has 1 aromatic heterocycles. The minimum Gasteiger partial charge on any atom is -0.313 e. The van der Waals surface area contributed by atoms with Crippen molar-refractivity contribution < 1.29 is 4.79 Å². The molecule has 0 spiro atoms. The molecular weight excluding hydrogens is 256 g/mol. The van der Waals surface area contributed by atoms with Crippen LogP contribution in [-0.2, 0) is 0 Å². The highest BCUT2D eigenvalue weighted by Gasteiger charge is 2.12. The van der Waals surface area contributed by atoms with Gasteiger partial charge in [0.05, 0.1) is 11.3 Å². The van der Waals surface area contributed by atoms with Gasteiger partial charge in [0.15, 0.2) is 5.78 Å². The highest BCUT2D eigenvalue weighted by molar-refractivity contribution is 5.93. The Balaban J connectivity index is 2.63. The summed E-state index contributed by atoms with van der Waals surface area (Å²) in [6, 6.07) is 7.14. The number of carbonyl (C=O) groups is 1. The first kappa shape index (κ1) is 14.0. The topological polar surface area (TPSA) is 71.9 Å². The van der Waals surface area contributed by atoms with Crippen molar-refractivity contribution in [3.8, 4) is 5.69 Å². The number of Topliss-reactive ketones (excluding diaryl/α,β-unsaturated/α-hetero) is 1. The molecule has 2 aromatic rings. The predicted octanol–water partition coefficient (Wildman–Crippen LogP) is 1.85. The van der Waals surface area contributed by atoms with E-state index in [0.29, 0.717) is 11.6 Å². The first-order valence-electron chi connectivity index (χ1n) is 6.38. The maximum atomic E-state index is 12.2. The third-order valence-corrected chi connectivity index (χ3v) is 3.17. The Morgan fingerprint density at radius 1 is 1.15 bits per heavy atom. The standard InChI is InChI=1S/C15H16N2O3/c1-9(2)11-4-6-12(7-5-11)17-14(19)13(10(3)18)8-16-15(17)20/h4-9H,1-3H3,(H,16,20). The van der Waals surface area contributed by atoms with Crippen LogP contribution in [0.15, 0.2) is 40.1 Å². The average molecular weight is 272 g/mol. The van der Waals surface area contributed by atoms with Gasteiger partial charge in [-0.25, -0.2) is 9.36 Å². The van der Waals surface area contributed by atoms with Crippen molar-refractivity contribution in [2.45, 2.75) is 26.7 Å². The second-order valence-electron chi connectivity index (χ2n) is 4.95. The summed E-state index contributed by atoms with van der Waals surface area (Å²) in [5, 5.41) is 0. The molecule has 0 aliphatic carbocycles. The molecule has 1 aromatic carbocycles. The lowest BCUT2D eigenvalue weighted by atomic mass is 10.0. The lowest BCUT2D eigenvalue weighted by Crippen LogP contribution is -2.36. The molecule has 0 aliphatic heterocycles. The Kier molecular flexibility index (Phi) is 3.70. The summed E-state index contributed by atoms with van der Waals surface area (Å²) in [6.45, 7) is 5.41. The zero-order chi connectivity index (χ0) is 14.9. The van der Waals surface area contributed by atoms with Crippen LogP contribution in [0, 0.1) is 0 Å². The largest absolute Gasteiger partial charge is 0.333 e. The molecule has 2 rings (SSSR count). The zero-order valence-corrected chi connectivity index (χ0v) is 11.6. The molecule has 1 N–H and O–H groups in total. The van der Waals surface area contributed by atoms with E-state index in [4.69, 9.17) is 0 Å². The third kappa shape index (κ3) is 2.47. The highest BCUT2D eigenvalue weighted by atomic mass is 16.2. The number of ketones is 1. The Bertz CT molecular complexity index is 752. The molecule has 0 fully saturated rings. The van der Waals surface area contributed by atoms with E-state index >= 15 is 0 Å². The highest BCUT2D eigenvalue weighted by Crippen LogP contribution is 2.15. The summed E-state index contributed by atoms with van der Waals surface area (Å²) in [5.74, 6) is -0.0126. The van der Waals surface area contributed by atoms with E-state index in [1.165, 1.54) is 6.92 Å². The number of nitrogens with one attached hydrogen (secondary N) is 1. The third-order valence-electron chi connectivity index (χ3n) is 3.17. The Hall–Kier alpha value is -2.43. The van der Waals surface area contributed by atoms with Crippen LogP contribution in [0.25, 0.3) is 5.69 Å². The van der Waals surface area contributed by atoms with E-state index in [9.17, 15) is 14.4 Å². The SMILES string of the molecule is CC(=O)c1c[nH]c(=O)n(-c2ccc(C(C)C)cc2)c1=O. The fourth-order valence-electron chi connectivity index (χ4n) is 1.97. The van der Waals surface area contributed by atoms with Gasteiger partial charge in [0.2, 0.25) is 0 Å². The molecule has 0 saturated heterocycles. The number of aromatic amines is 1. The van der Waals surface area contributed by atoms with Crippen molar-refractivity contribution in [2.75, 3.05) is 0 Å². The minimum absolute atomic E-state index is 0.0301. The van der Waals surface area contributed by atoms with Gasteiger partial charge < -0.3 is 4.98 Å². The molecule has 0 unspecified atom stereocenters. The average Bonchev–Trinajstić information content (AvgIpc) is 2.38. The minimum atomic E-state index is -0.599. The van der Waals surface area contributed by atoms with Gasteiger partial charge in [-0.05, 0) is 30.5 Å². The molecule has 20 heavy (non-hydrogen) atoms. The molecule has 0 aliphatic rings. The van der Waals surface area contributed by atoms with Gasteiger partial charge in [-0.3, -0.25) is 9.59 Å². The summed E-state index contributed by atoms with van der Waals surface area (Å²) in [7, 11) is 0. The Labute approximate surface area is 115 Å². The lowest BCUT2D eigenvalue weighted by molar-refractivity contribution is 0.101. The quantitative estimate of drug-likeness (QED) is 0.867. The summed E-state index contributed by atoms with van der Waals surface area (Å²) >= 11 is 0. The van der Waals surface area contributed by atoms with Gasteiger partial charge in [0, 0.05) is 6.20 Å². The zero-order valence-electron chi connectivity index (χ0n) is 11.6. The smallest absolute Gasteiger partial charge is 0.313 e. The monoisotopic (exact) mass is 272 g/mol. The Morgan fingerprint density at radius 3 is 2.25 bits per heavy atom. The van der Waals surface area contributed by atoms with Crippen LogP contribution < -0.4 is 11.2 Å². The molecule has 0 bridgehead atoms. The van der Waals surface area contributed by atoms with Crippen LogP contribution in [0.3, 0.4) is 0 Å². The maximum Gasteiger partial charge on any atom is 0.333 e. The maximum absolute atomic E-state index is 12.2. The van der Waals surface area contributed by atoms with E-state index in [1.807, 2.05) is 12.1 Å². The van der Waals surface area contributed by atoms with Gasteiger partial charge in [-0.1, -0.05) is 26.0 Å². The van der Waals surface area contributed by atoms with E-state index in [-0.39, 0.29) is 11.3 Å². The van der Waals surface area contributed by atoms with Crippen molar-refractivity contribution in [2.24, 2.45) is 0 Å². The van der Waals surface area contributed by atoms with Crippen molar-refractivity contribution in [1.29, 1.82) is 0 Å². The van der Waals surface area contributed by atoms with Crippen LogP contribution in [0.2, 0.25) is 0 Å². The van der Waals surface area contributed by atoms with E-state index in [1.54, 1.807) is 12.1 Å². The van der Waals surface area contributed by atoms with E-state index in [0.717, 1.165) is 16.3 Å². The predicted molar refractivity (Wildman–Crippen MR) is 76.8 cm³/mol. The lowest BCUT2D eigenvalue weighted by Gasteiger charge is -2.08. The van der Waals surface area contributed by atoms with Crippen molar-refractivity contribution in [3.63, 3.8) is 0 Å². The van der Waals surface area contributed by atoms with Crippen LogP contribution in [-0.4, -0.2) is 15.3 Å². The normalized spacial score (nSPS) is 10.8. The summed E-state index contributed by atoms with van der Waals surface area (Å²) in [6.07, 6.45) is 1.16. The van der Waals surface area contributed by atoms with Gasteiger partial charge >= 0.3 is 5.69 Å². The van der Waals surface area contributed by atoms with Gasteiger partial charge in [-0.15, -0.1) is 0 Å². The number of rotatable bonds is 3. The second kappa shape index (κ2) is 5.28. The number of benzene rings is 1. The summed E-state index contributed by atoms with van der Waals surface area (Å²) in [5.41, 5.74) is 0.373. The van der Waals surface area contributed by atoms with Crippen LogP contribution in [0.1, 0.15) is 42.6 Å². The summed E-state index contributed by atoms with van der Waals surface area (Å²) < 4.78 is 0.973. The van der Waals surface area contributed by atoms with Crippen molar-refractivity contribution in [3.05, 3.63) is 62.4 Å². The Morgan fingerprint density at radius 2 is 1.75 bits per heavy atom. The fraction of sp³-hybridized carbons (Fsp3) is 0.267. The molecule has 5 nitrogen and oxygen atoms in total. The van der Waals surface area contributed by atoms with Crippen molar-refractivity contribution in [1.82, 2.24) is 9.55 Å². The van der Waals surface area contributed by atoms with E-state index in [2.05, 4.69) is 18.8 Å². The van der Waals surface area contributed by atoms with Crippen LogP contribution >= 0.6 is 0 Å². The number of H-pyrrole nitrogens is 1. The molecule has 104 valence electrons. The number of hydrogen-bond donors (Lipinski definition) is 1. The van der Waals surface area contributed by atoms with Gasteiger partial charge in [0.25, 0.3) is 5.56 Å². The molecule has 1 heterocycles. The van der Waals surface area contributed by atoms with E-state index < -0.39 is 11.2 Å². The summed E-state index contributed by atoms with van der Waals surface area (Å²) in [4.78, 5) is 37.8. The molecule has 5 heteroatoms. The number of carbonyl (C=O) groups excluding carboxylic acids is 1. The molecule has 0 amide bonds. The van der Waals surface area contributed by atoms with Crippen LogP contribution in [0.5, 0.6) is 0 Å². The van der Waals surface area contributed by atoms with Gasteiger partial charge in [0.1, 0.15) is 0 Å². The molecular formula is C15H16N2O3. The number of aromatic nitrogens is 2. The fourth-order valence-corrected chi connectivity index (χ4v) is 1.97.